The number of amides is 2. The van der Waals surface area contributed by atoms with Gasteiger partial charge in [0.05, 0.1) is 6.04 Å². The van der Waals surface area contributed by atoms with Gasteiger partial charge in [-0.25, -0.2) is 8.42 Å². The van der Waals surface area contributed by atoms with Gasteiger partial charge in [-0.3, -0.25) is 9.59 Å². The molecule has 29 heavy (non-hydrogen) atoms. The molecule has 1 heterocycles. The molecule has 158 valence electrons. The Balaban J connectivity index is 2.03. The van der Waals surface area contributed by atoms with Gasteiger partial charge in [0.15, 0.2) is 5.76 Å². The third kappa shape index (κ3) is 5.88. The zero-order chi connectivity index (χ0) is 22.0. The van der Waals surface area contributed by atoms with E-state index in [2.05, 4.69) is 20.5 Å². The summed E-state index contributed by atoms with van der Waals surface area (Å²) in [5.41, 5.74) is 0.736. The van der Waals surface area contributed by atoms with Gasteiger partial charge < -0.3 is 15.2 Å². The third-order valence-corrected chi connectivity index (χ3v) is 5.65. The highest BCUT2D eigenvalue weighted by atomic mass is 32.2. The van der Waals surface area contributed by atoms with Crippen LogP contribution in [0.25, 0.3) is 0 Å². The molecule has 2 aromatic rings. The van der Waals surface area contributed by atoms with Crippen LogP contribution in [0, 0.1) is 13.8 Å². The molecule has 0 saturated heterocycles. The molecular weight excluding hydrogens is 396 g/mol. The Morgan fingerprint density at radius 2 is 1.69 bits per heavy atom. The number of rotatable bonds is 6. The zero-order valence-electron chi connectivity index (χ0n) is 17.3. The average molecular weight is 423 g/mol. The van der Waals surface area contributed by atoms with Gasteiger partial charge in [0.25, 0.3) is 5.91 Å². The van der Waals surface area contributed by atoms with Crippen LogP contribution in [0.4, 0.5) is 5.69 Å². The Kier molecular flexibility index (Phi) is 6.49. The largest absolute Gasteiger partial charge is 0.360 e. The molecule has 0 fully saturated rings. The molecule has 0 spiro atoms. The topological polar surface area (TPSA) is 130 Å². The summed E-state index contributed by atoms with van der Waals surface area (Å²) in [4.78, 5) is 24.4. The van der Waals surface area contributed by atoms with Crippen molar-refractivity contribution in [3.8, 4) is 0 Å². The number of anilines is 1. The molecule has 2 amide bonds. The number of carbonyl (C=O) groups excluding carboxylic acids is 2. The van der Waals surface area contributed by atoms with E-state index in [-0.39, 0.29) is 27.8 Å². The average Bonchev–Trinajstić information content (AvgIpc) is 2.92. The minimum Gasteiger partial charge on any atom is -0.360 e. The number of carbonyl (C=O) groups is 2. The van der Waals surface area contributed by atoms with Gasteiger partial charge in [-0.1, -0.05) is 5.16 Å². The van der Waals surface area contributed by atoms with E-state index < -0.39 is 22.0 Å². The fourth-order valence-corrected chi connectivity index (χ4v) is 4.10. The quantitative estimate of drug-likeness (QED) is 0.654. The molecule has 0 bridgehead atoms. The molecule has 0 unspecified atom stereocenters. The number of hydrogen-bond donors (Lipinski definition) is 3. The lowest BCUT2D eigenvalue weighted by molar-refractivity contribution is -0.117. The molecule has 1 aromatic heterocycles. The van der Waals surface area contributed by atoms with E-state index in [1.54, 1.807) is 24.3 Å². The van der Waals surface area contributed by atoms with E-state index in [1.165, 1.54) is 20.8 Å². The summed E-state index contributed by atoms with van der Waals surface area (Å²) in [6.07, 6.45) is 0. The maximum absolute atomic E-state index is 12.5. The summed E-state index contributed by atoms with van der Waals surface area (Å²) in [6.45, 7) is 10.1. The molecule has 0 aliphatic carbocycles. The minimum atomic E-state index is -3.97. The van der Waals surface area contributed by atoms with Crippen molar-refractivity contribution >= 4 is 27.5 Å². The number of nitrogens with one attached hydrogen (secondary N) is 3. The van der Waals surface area contributed by atoms with Crippen LogP contribution < -0.4 is 15.4 Å². The second-order valence-corrected chi connectivity index (χ2v) is 9.42. The number of hydrogen-bond acceptors (Lipinski definition) is 6. The van der Waals surface area contributed by atoms with Gasteiger partial charge in [0.2, 0.25) is 15.9 Å². The Hall–Kier alpha value is -2.72. The van der Waals surface area contributed by atoms with E-state index in [4.69, 9.17) is 4.52 Å². The van der Waals surface area contributed by atoms with Crippen LogP contribution in [0.5, 0.6) is 0 Å². The SMILES string of the molecule is Cc1noc(C)c1S(=O)(=O)N[C@@H](C)C(=O)Nc1ccc(C(=O)NC(C)(C)C)cc1. The third-order valence-electron chi connectivity index (χ3n) is 3.86. The molecule has 1 aromatic carbocycles. The summed E-state index contributed by atoms with van der Waals surface area (Å²) in [5.74, 6) is -0.630. The van der Waals surface area contributed by atoms with Crippen LogP contribution >= 0.6 is 0 Å². The standard InChI is InChI=1S/C19H26N4O5S/c1-11-16(13(3)28-22-11)29(26,27)23-12(2)17(24)20-15-9-7-14(8-10-15)18(25)21-19(4,5)6/h7-10,12,23H,1-6H3,(H,20,24)(H,21,25)/t12-/m0/s1. The van der Waals surface area contributed by atoms with Crippen LogP contribution in [0.1, 0.15) is 49.5 Å². The second kappa shape index (κ2) is 8.34. The molecule has 1 atom stereocenters. The number of nitrogens with zero attached hydrogens (tertiary/aromatic N) is 1. The number of sulfonamides is 1. The van der Waals surface area contributed by atoms with Gasteiger partial charge in [0.1, 0.15) is 10.6 Å². The Bertz CT molecular complexity index is 985. The number of benzene rings is 1. The molecule has 0 saturated carbocycles. The highest BCUT2D eigenvalue weighted by Gasteiger charge is 2.28. The van der Waals surface area contributed by atoms with Crippen LogP contribution in [0.2, 0.25) is 0 Å². The van der Waals surface area contributed by atoms with Gasteiger partial charge >= 0.3 is 0 Å². The van der Waals surface area contributed by atoms with Crippen molar-refractivity contribution in [2.24, 2.45) is 0 Å². The summed E-state index contributed by atoms with van der Waals surface area (Å²) in [5, 5.41) is 9.08. The fourth-order valence-electron chi connectivity index (χ4n) is 2.57. The van der Waals surface area contributed by atoms with Gasteiger partial charge in [-0.05, 0) is 65.8 Å². The predicted molar refractivity (Wildman–Crippen MR) is 108 cm³/mol. The molecule has 2 rings (SSSR count). The van der Waals surface area contributed by atoms with Crippen molar-refractivity contribution in [3.63, 3.8) is 0 Å². The predicted octanol–water partition coefficient (Wildman–Crippen LogP) is 2.13. The first-order chi connectivity index (χ1) is 13.3. The molecule has 9 nitrogen and oxygen atoms in total. The summed E-state index contributed by atoms with van der Waals surface area (Å²) >= 11 is 0. The zero-order valence-corrected chi connectivity index (χ0v) is 18.1. The monoisotopic (exact) mass is 422 g/mol. The Morgan fingerprint density at radius 1 is 1.10 bits per heavy atom. The van der Waals surface area contributed by atoms with Crippen LogP contribution in [-0.4, -0.2) is 37.0 Å². The summed E-state index contributed by atoms with van der Waals surface area (Å²) < 4.78 is 32.2. The van der Waals surface area contributed by atoms with Gasteiger partial charge in [0, 0.05) is 16.8 Å². The first kappa shape index (κ1) is 22.6. The molecule has 0 radical (unpaired) electrons. The van der Waals surface area contributed by atoms with Crippen LogP contribution in [0.15, 0.2) is 33.7 Å². The maximum atomic E-state index is 12.5. The fraction of sp³-hybridized carbons (Fsp3) is 0.421. The van der Waals surface area contributed by atoms with E-state index in [9.17, 15) is 18.0 Å². The normalized spacial score (nSPS) is 13.0. The van der Waals surface area contributed by atoms with Gasteiger partial charge in [-0.2, -0.15) is 4.72 Å². The van der Waals surface area contributed by atoms with E-state index >= 15 is 0 Å². The van der Waals surface area contributed by atoms with Crippen molar-refractivity contribution < 1.29 is 22.5 Å². The molecule has 0 aliphatic heterocycles. The van der Waals surface area contributed by atoms with Gasteiger partial charge in [-0.15, -0.1) is 0 Å². The summed E-state index contributed by atoms with van der Waals surface area (Å²) in [7, 11) is -3.97. The first-order valence-corrected chi connectivity index (χ1v) is 10.5. The van der Waals surface area contributed by atoms with Crippen molar-refractivity contribution in [2.75, 3.05) is 5.32 Å². The Labute approximate surface area is 170 Å². The lowest BCUT2D eigenvalue weighted by Gasteiger charge is -2.20. The van der Waals surface area contributed by atoms with E-state index in [0.29, 0.717) is 11.3 Å². The summed E-state index contributed by atoms with van der Waals surface area (Å²) in [6, 6.07) is 5.26. The number of aryl methyl sites for hydroxylation is 2. The second-order valence-electron chi connectivity index (χ2n) is 7.77. The smallest absolute Gasteiger partial charge is 0.251 e. The molecule has 10 heteroatoms. The van der Waals surface area contributed by atoms with Crippen LogP contribution in [0.3, 0.4) is 0 Å². The first-order valence-electron chi connectivity index (χ1n) is 8.99. The van der Waals surface area contributed by atoms with Crippen molar-refractivity contribution in [1.82, 2.24) is 15.2 Å². The lowest BCUT2D eigenvalue weighted by Crippen LogP contribution is -2.41. The maximum Gasteiger partial charge on any atom is 0.251 e. The minimum absolute atomic E-state index is 0.0774. The molecular formula is C19H26N4O5S. The van der Waals surface area contributed by atoms with E-state index in [0.717, 1.165) is 0 Å². The van der Waals surface area contributed by atoms with Crippen molar-refractivity contribution in [2.45, 2.75) is 58.0 Å². The van der Waals surface area contributed by atoms with Crippen LogP contribution in [-0.2, 0) is 14.8 Å². The van der Waals surface area contributed by atoms with Crippen molar-refractivity contribution in [1.29, 1.82) is 0 Å². The highest BCUT2D eigenvalue weighted by Crippen LogP contribution is 2.19. The molecule has 0 aliphatic rings. The lowest BCUT2D eigenvalue weighted by atomic mass is 10.1. The Morgan fingerprint density at radius 3 is 2.17 bits per heavy atom. The molecule has 3 N–H and O–H groups in total. The number of aromatic nitrogens is 1. The van der Waals surface area contributed by atoms with E-state index in [1.807, 2.05) is 20.8 Å². The highest BCUT2D eigenvalue weighted by molar-refractivity contribution is 7.89. The van der Waals surface area contributed by atoms with Crippen molar-refractivity contribution in [3.05, 3.63) is 41.3 Å².